The molecule has 0 aliphatic carbocycles. The van der Waals surface area contributed by atoms with E-state index in [2.05, 4.69) is 16.8 Å². The molecule has 3 rings (SSSR count). The predicted molar refractivity (Wildman–Crippen MR) is 94.9 cm³/mol. The molecule has 2 aliphatic rings. The Labute approximate surface area is 149 Å². The number of likely N-dealkylation sites (N-methyl/N-ethyl adjacent to an activating group) is 1. The number of aliphatic hydroxyl groups is 1. The Morgan fingerprint density at radius 2 is 2.12 bits per heavy atom. The smallest absolute Gasteiger partial charge is 0.225 e. The van der Waals surface area contributed by atoms with Crippen LogP contribution in [0.3, 0.4) is 0 Å². The number of pyridine rings is 1. The lowest BCUT2D eigenvalue weighted by molar-refractivity contribution is -0.138. The van der Waals surface area contributed by atoms with Crippen molar-refractivity contribution in [1.29, 1.82) is 0 Å². The van der Waals surface area contributed by atoms with E-state index in [1.54, 1.807) is 12.4 Å². The number of carbonyl (C=O) groups is 1. The highest BCUT2D eigenvalue weighted by molar-refractivity contribution is 5.79. The van der Waals surface area contributed by atoms with Gasteiger partial charge in [0.2, 0.25) is 5.91 Å². The van der Waals surface area contributed by atoms with Gasteiger partial charge in [-0.05, 0) is 43.5 Å². The number of ether oxygens (including phenoxy) is 1. The Morgan fingerprint density at radius 3 is 2.80 bits per heavy atom. The van der Waals surface area contributed by atoms with Gasteiger partial charge in [-0.2, -0.15) is 0 Å². The van der Waals surface area contributed by atoms with E-state index in [-0.39, 0.29) is 11.8 Å². The lowest BCUT2D eigenvalue weighted by atomic mass is 9.98. The van der Waals surface area contributed by atoms with Gasteiger partial charge in [0.1, 0.15) is 0 Å². The van der Waals surface area contributed by atoms with Crippen LogP contribution in [0.4, 0.5) is 0 Å². The number of rotatable bonds is 6. The maximum Gasteiger partial charge on any atom is 0.225 e. The minimum Gasteiger partial charge on any atom is -0.387 e. The molecule has 0 spiro atoms. The van der Waals surface area contributed by atoms with Crippen molar-refractivity contribution >= 4 is 5.91 Å². The fourth-order valence-corrected chi connectivity index (χ4v) is 3.82. The Balaban J connectivity index is 1.55. The fourth-order valence-electron chi connectivity index (χ4n) is 3.82. The predicted octanol–water partition coefficient (Wildman–Crippen LogP) is 1.29. The normalized spacial score (nSPS) is 24.8. The third kappa shape index (κ3) is 4.77. The van der Waals surface area contributed by atoms with Crippen LogP contribution in [0.15, 0.2) is 24.5 Å². The topological polar surface area (TPSA) is 65.9 Å². The quantitative estimate of drug-likeness (QED) is 0.840. The third-order valence-electron chi connectivity index (χ3n) is 5.34. The van der Waals surface area contributed by atoms with Crippen molar-refractivity contribution in [3.63, 3.8) is 0 Å². The standard InChI is InChI=1S/C19H29N3O3/c1-2-21(13-16-3-8-20-9-4-16)14-19(24)7-10-22(15-19)18(23)17-5-11-25-12-6-17/h3-4,8-9,17,24H,2,5-7,10-15H2,1H3. The van der Waals surface area contributed by atoms with Gasteiger partial charge in [0.25, 0.3) is 0 Å². The second kappa shape index (κ2) is 8.25. The molecular weight excluding hydrogens is 318 g/mol. The van der Waals surface area contributed by atoms with Gasteiger partial charge < -0.3 is 14.7 Å². The zero-order chi connectivity index (χ0) is 17.7. The molecule has 0 bridgehead atoms. The highest BCUT2D eigenvalue weighted by atomic mass is 16.5. The minimum atomic E-state index is -0.816. The summed E-state index contributed by atoms with van der Waals surface area (Å²) in [5.41, 5.74) is 0.373. The van der Waals surface area contributed by atoms with Crippen molar-refractivity contribution in [2.75, 3.05) is 39.4 Å². The Bertz CT molecular complexity index is 562. The van der Waals surface area contributed by atoms with E-state index in [1.165, 1.54) is 5.56 Å². The summed E-state index contributed by atoms with van der Waals surface area (Å²) in [4.78, 5) is 20.8. The Kier molecular flexibility index (Phi) is 6.04. The van der Waals surface area contributed by atoms with Crippen LogP contribution in [0.2, 0.25) is 0 Å². The van der Waals surface area contributed by atoms with Crippen LogP contribution in [-0.4, -0.2) is 70.8 Å². The lowest BCUT2D eigenvalue weighted by Gasteiger charge is -2.31. The summed E-state index contributed by atoms with van der Waals surface area (Å²) in [5, 5.41) is 11.0. The fraction of sp³-hybridized carbons (Fsp3) is 0.684. The molecule has 0 saturated carbocycles. The molecule has 1 unspecified atom stereocenters. The number of hydrogen-bond donors (Lipinski definition) is 1. The van der Waals surface area contributed by atoms with Gasteiger partial charge in [-0.15, -0.1) is 0 Å². The number of hydrogen-bond acceptors (Lipinski definition) is 5. The van der Waals surface area contributed by atoms with Crippen molar-refractivity contribution in [3.8, 4) is 0 Å². The molecule has 25 heavy (non-hydrogen) atoms. The van der Waals surface area contributed by atoms with Gasteiger partial charge in [0, 0.05) is 51.2 Å². The molecule has 0 radical (unpaired) electrons. The second-order valence-electron chi connectivity index (χ2n) is 7.28. The molecule has 1 N–H and O–H groups in total. The van der Waals surface area contributed by atoms with Gasteiger partial charge in [0.15, 0.2) is 0 Å². The largest absolute Gasteiger partial charge is 0.387 e. The molecule has 3 heterocycles. The molecule has 1 aromatic heterocycles. The number of nitrogens with zero attached hydrogens (tertiary/aromatic N) is 3. The van der Waals surface area contributed by atoms with Crippen molar-refractivity contribution in [3.05, 3.63) is 30.1 Å². The van der Waals surface area contributed by atoms with Crippen LogP contribution in [0.5, 0.6) is 0 Å². The molecule has 0 aromatic carbocycles. The van der Waals surface area contributed by atoms with Crippen molar-refractivity contribution in [1.82, 2.24) is 14.8 Å². The van der Waals surface area contributed by atoms with Crippen LogP contribution in [0, 0.1) is 5.92 Å². The van der Waals surface area contributed by atoms with Crippen LogP contribution in [0.1, 0.15) is 31.7 Å². The summed E-state index contributed by atoms with van der Waals surface area (Å²) in [6, 6.07) is 4.00. The average Bonchev–Trinajstić information content (AvgIpc) is 3.04. The summed E-state index contributed by atoms with van der Waals surface area (Å²) < 4.78 is 5.35. The van der Waals surface area contributed by atoms with Gasteiger partial charge in [-0.3, -0.25) is 14.7 Å². The van der Waals surface area contributed by atoms with Gasteiger partial charge >= 0.3 is 0 Å². The van der Waals surface area contributed by atoms with E-state index in [1.807, 2.05) is 17.0 Å². The van der Waals surface area contributed by atoms with Gasteiger partial charge in [-0.25, -0.2) is 0 Å². The molecule has 1 aromatic rings. The lowest BCUT2D eigenvalue weighted by Crippen LogP contribution is -2.46. The molecule has 1 atom stereocenters. The zero-order valence-electron chi connectivity index (χ0n) is 15.1. The molecule has 1 amide bonds. The molecule has 2 saturated heterocycles. The first kappa shape index (κ1) is 18.3. The summed E-state index contributed by atoms with van der Waals surface area (Å²) in [6.45, 7) is 6.77. The third-order valence-corrected chi connectivity index (χ3v) is 5.34. The van der Waals surface area contributed by atoms with Crippen LogP contribution in [0.25, 0.3) is 0 Å². The summed E-state index contributed by atoms with van der Waals surface area (Å²) in [5.74, 6) is 0.256. The van der Waals surface area contributed by atoms with Crippen LogP contribution in [-0.2, 0) is 16.1 Å². The van der Waals surface area contributed by atoms with Crippen LogP contribution >= 0.6 is 0 Å². The van der Waals surface area contributed by atoms with Crippen LogP contribution < -0.4 is 0 Å². The van der Waals surface area contributed by atoms with E-state index in [9.17, 15) is 9.90 Å². The minimum absolute atomic E-state index is 0.0650. The first-order chi connectivity index (χ1) is 12.1. The summed E-state index contributed by atoms with van der Waals surface area (Å²) >= 11 is 0. The monoisotopic (exact) mass is 347 g/mol. The second-order valence-corrected chi connectivity index (χ2v) is 7.28. The molecule has 2 fully saturated rings. The van der Waals surface area contributed by atoms with E-state index in [0.717, 1.165) is 25.9 Å². The molecule has 138 valence electrons. The Hall–Kier alpha value is -1.50. The van der Waals surface area contributed by atoms with Crippen molar-refractivity contribution < 1.29 is 14.6 Å². The number of β-amino-alcohol motifs (C(OH)–C–C–N with tert-alkyl or cyclic N) is 1. The maximum atomic E-state index is 12.7. The zero-order valence-corrected chi connectivity index (χ0v) is 15.1. The number of likely N-dealkylation sites (tertiary alicyclic amines) is 1. The van der Waals surface area contributed by atoms with E-state index >= 15 is 0 Å². The first-order valence-corrected chi connectivity index (χ1v) is 9.30. The summed E-state index contributed by atoms with van der Waals surface area (Å²) in [6.07, 6.45) is 5.84. The number of aromatic nitrogens is 1. The number of carbonyl (C=O) groups excluding carboxylic acids is 1. The van der Waals surface area contributed by atoms with Gasteiger partial charge in [0.05, 0.1) is 12.1 Å². The van der Waals surface area contributed by atoms with Gasteiger partial charge in [-0.1, -0.05) is 6.92 Å². The van der Waals surface area contributed by atoms with Crippen molar-refractivity contribution in [2.45, 2.75) is 38.3 Å². The Morgan fingerprint density at radius 1 is 1.40 bits per heavy atom. The SMILES string of the molecule is CCN(Cc1ccncc1)CC1(O)CCN(C(=O)C2CCOCC2)C1. The highest BCUT2D eigenvalue weighted by Gasteiger charge is 2.41. The summed E-state index contributed by atoms with van der Waals surface area (Å²) in [7, 11) is 0. The van der Waals surface area contributed by atoms with Crippen molar-refractivity contribution in [2.24, 2.45) is 5.92 Å². The molecule has 6 heteroatoms. The average molecular weight is 347 g/mol. The van der Waals surface area contributed by atoms with E-state index in [0.29, 0.717) is 39.3 Å². The molecule has 6 nitrogen and oxygen atoms in total. The molecule has 2 aliphatic heterocycles. The number of amides is 1. The van der Waals surface area contributed by atoms with E-state index < -0.39 is 5.60 Å². The molecular formula is C19H29N3O3. The van der Waals surface area contributed by atoms with E-state index in [4.69, 9.17) is 4.74 Å². The highest BCUT2D eigenvalue weighted by Crippen LogP contribution is 2.27. The maximum absolute atomic E-state index is 12.7. The first-order valence-electron chi connectivity index (χ1n) is 9.30.